The van der Waals surface area contributed by atoms with Crippen molar-refractivity contribution in [2.24, 2.45) is 0 Å². The molecule has 1 aromatic heterocycles. The van der Waals surface area contributed by atoms with E-state index in [1.54, 1.807) is 31.5 Å². The largest absolute Gasteiger partial charge is 0.495 e. The third-order valence-corrected chi connectivity index (χ3v) is 2.39. The van der Waals surface area contributed by atoms with Gasteiger partial charge in [-0.1, -0.05) is 11.6 Å². The SMILES string of the molecule is COc1ccc(Nc2ccnc(N)n2)cc1Cl. The van der Waals surface area contributed by atoms with Gasteiger partial charge in [-0.15, -0.1) is 0 Å². The predicted molar refractivity (Wildman–Crippen MR) is 67.7 cm³/mol. The van der Waals surface area contributed by atoms with E-state index < -0.39 is 0 Å². The average molecular weight is 251 g/mol. The molecule has 0 amide bonds. The Morgan fingerprint density at radius 1 is 1.35 bits per heavy atom. The maximum Gasteiger partial charge on any atom is 0.221 e. The minimum Gasteiger partial charge on any atom is -0.495 e. The smallest absolute Gasteiger partial charge is 0.221 e. The zero-order valence-corrected chi connectivity index (χ0v) is 9.90. The van der Waals surface area contributed by atoms with Gasteiger partial charge in [-0.05, 0) is 24.3 Å². The third-order valence-electron chi connectivity index (χ3n) is 2.10. The second-order valence-electron chi connectivity index (χ2n) is 3.27. The molecule has 17 heavy (non-hydrogen) atoms. The van der Waals surface area contributed by atoms with Gasteiger partial charge >= 0.3 is 0 Å². The maximum absolute atomic E-state index is 6.00. The molecule has 0 aliphatic rings. The predicted octanol–water partition coefficient (Wildman–Crippen LogP) is 2.46. The number of rotatable bonds is 3. The lowest BCUT2D eigenvalue weighted by atomic mass is 10.3. The summed E-state index contributed by atoms with van der Waals surface area (Å²) in [5.41, 5.74) is 6.28. The number of hydrogen-bond donors (Lipinski definition) is 2. The summed E-state index contributed by atoms with van der Waals surface area (Å²) in [4.78, 5) is 7.83. The second kappa shape index (κ2) is 4.88. The summed E-state index contributed by atoms with van der Waals surface area (Å²) in [6.07, 6.45) is 1.58. The lowest BCUT2D eigenvalue weighted by Gasteiger charge is -2.08. The number of nitrogens with zero attached hydrogens (tertiary/aromatic N) is 2. The van der Waals surface area contributed by atoms with E-state index in [2.05, 4.69) is 15.3 Å². The summed E-state index contributed by atoms with van der Waals surface area (Å²) in [6, 6.07) is 7.07. The number of aromatic nitrogens is 2. The molecule has 6 heteroatoms. The van der Waals surface area contributed by atoms with Crippen molar-refractivity contribution in [3.05, 3.63) is 35.5 Å². The zero-order valence-electron chi connectivity index (χ0n) is 9.14. The molecule has 0 unspecified atom stereocenters. The fourth-order valence-electron chi connectivity index (χ4n) is 1.34. The number of hydrogen-bond acceptors (Lipinski definition) is 5. The van der Waals surface area contributed by atoms with Crippen LogP contribution in [0.4, 0.5) is 17.5 Å². The van der Waals surface area contributed by atoms with E-state index in [1.165, 1.54) is 0 Å². The van der Waals surface area contributed by atoms with Crippen molar-refractivity contribution in [3.63, 3.8) is 0 Å². The van der Waals surface area contributed by atoms with Gasteiger partial charge in [0.15, 0.2) is 0 Å². The molecular formula is C11H11ClN4O. The van der Waals surface area contributed by atoms with Crippen molar-refractivity contribution in [2.75, 3.05) is 18.2 Å². The fraction of sp³-hybridized carbons (Fsp3) is 0.0909. The number of benzene rings is 1. The Hall–Kier alpha value is -2.01. The van der Waals surface area contributed by atoms with Crippen LogP contribution >= 0.6 is 11.6 Å². The van der Waals surface area contributed by atoms with Crippen LogP contribution in [-0.2, 0) is 0 Å². The summed E-state index contributed by atoms with van der Waals surface area (Å²) in [6.45, 7) is 0. The van der Waals surface area contributed by atoms with E-state index >= 15 is 0 Å². The first-order chi connectivity index (χ1) is 8.19. The molecular weight excluding hydrogens is 240 g/mol. The second-order valence-corrected chi connectivity index (χ2v) is 3.68. The number of nitrogen functional groups attached to an aromatic ring is 1. The van der Waals surface area contributed by atoms with Crippen LogP contribution in [0, 0.1) is 0 Å². The van der Waals surface area contributed by atoms with E-state index in [0.29, 0.717) is 16.6 Å². The molecule has 2 aromatic rings. The molecule has 0 spiro atoms. The molecule has 2 rings (SSSR count). The van der Waals surface area contributed by atoms with Crippen molar-refractivity contribution in [1.82, 2.24) is 9.97 Å². The van der Waals surface area contributed by atoms with E-state index in [0.717, 1.165) is 5.69 Å². The Labute approximate surface area is 104 Å². The average Bonchev–Trinajstić information content (AvgIpc) is 2.29. The normalized spacial score (nSPS) is 10.0. The monoisotopic (exact) mass is 250 g/mol. The van der Waals surface area contributed by atoms with Crippen LogP contribution < -0.4 is 15.8 Å². The van der Waals surface area contributed by atoms with Gasteiger partial charge in [-0.2, -0.15) is 4.98 Å². The Bertz CT molecular complexity index is 533. The van der Waals surface area contributed by atoms with Crippen molar-refractivity contribution < 1.29 is 4.74 Å². The van der Waals surface area contributed by atoms with Crippen molar-refractivity contribution >= 4 is 29.1 Å². The lowest BCUT2D eigenvalue weighted by Crippen LogP contribution is -1.99. The highest BCUT2D eigenvalue weighted by molar-refractivity contribution is 6.32. The summed E-state index contributed by atoms with van der Waals surface area (Å²) >= 11 is 6.00. The van der Waals surface area contributed by atoms with E-state index in [-0.39, 0.29) is 5.95 Å². The Balaban J connectivity index is 2.22. The summed E-state index contributed by atoms with van der Waals surface area (Å²) < 4.78 is 5.06. The molecule has 0 aliphatic heterocycles. The molecule has 0 aliphatic carbocycles. The van der Waals surface area contributed by atoms with E-state index in [9.17, 15) is 0 Å². The Kier molecular flexibility index (Phi) is 3.30. The Morgan fingerprint density at radius 3 is 2.82 bits per heavy atom. The number of nitrogens with one attached hydrogen (secondary N) is 1. The third kappa shape index (κ3) is 2.76. The highest BCUT2D eigenvalue weighted by Crippen LogP contribution is 2.28. The minimum atomic E-state index is 0.217. The van der Waals surface area contributed by atoms with Crippen LogP contribution in [0.1, 0.15) is 0 Å². The number of anilines is 3. The van der Waals surface area contributed by atoms with E-state index in [1.807, 2.05) is 6.07 Å². The molecule has 0 fully saturated rings. The van der Waals surface area contributed by atoms with Crippen LogP contribution in [0.5, 0.6) is 5.75 Å². The highest BCUT2D eigenvalue weighted by Gasteiger charge is 2.02. The number of halogens is 1. The number of nitrogens with two attached hydrogens (primary N) is 1. The zero-order chi connectivity index (χ0) is 12.3. The Morgan fingerprint density at radius 2 is 2.18 bits per heavy atom. The van der Waals surface area contributed by atoms with Gasteiger partial charge in [0.2, 0.25) is 5.95 Å². The van der Waals surface area contributed by atoms with Crippen molar-refractivity contribution in [1.29, 1.82) is 0 Å². The standard InChI is InChI=1S/C11H11ClN4O/c1-17-9-3-2-7(6-8(9)12)15-10-4-5-14-11(13)16-10/h2-6H,1H3,(H3,13,14,15,16). The van der Waals surface area contributed by atoms with Gasteiger partial charge in [-0.25, -0.2) is 4.98 Å². The first-order valence-corrected chi connectivity index (χ1v) is 5.26. The van der Waals surface area contributed by atoms with Crippen LogP contribution in [0.25, 0.3) is 0 Å². The highest BCUT2D eigenvalue weighted by atomic mass is 35.5. The van der Waals surface area contributed by atoms with Gasteiger partial charge in [0.1, 0.15) is 11.6 Å². The van der Waals surface area contributed by atoms with Gasteiger partial charge < -0.3 is 15.8 Å². The molecule has 0 saturated heterocycles. The van der Waals surface area contributed by atoms with Crippen molar-refractivity contribution in [2.45, 2.75) is 0 Å². The summed E-state index contributed by atoms with van der Waals surface area (Å²) in [5, 5.41) is 3.59. The van der Waals surface area contributed by atoms with Crippen LogP contribution in [0.3, 0.4) is 0 Å². The van der Waals surface area contributed by atoms with E-state index in [4.69, 9.17) is 22.1 Å². The first-order valence-electron chi connectivity index (χ1n) is 4.88. The number of methoxy groups -OCH3 is 1. The summed E-state index contributed by atoms with van der Waals surface area (Å²) in [7, 11) is 1.57. The van der Waals surface area contributed by atoms with Crippen LogP contribution in [0.15, 0.2) is 30.5 Å². The van der Waals surface area contributed by atoms with Crippen LogP contribution in [0.2, 0.25) is 5.02 Å². The van der Waals surface area contributed by atoms with Gasteiger partial charge in [0.25, 0.3) is 0 Å². The molecule has 1 heterocycles. The minimum absolute atomic E-state index is 0.217. The van der Waals surface area contributed by atoms with Gasteiger partial charge in [0.05, 0.1) is 12.1 Å². The maximum atomic E-state index is 6.00. The molecule has 3 N–H and O–H groups in total. The molecule has 5 nitrogen and oxygen atoms in total. The molecule has 0 bridgehead atoms. The van der Waals surface area contributed by atoms with Crippen LogP contribution in [-0.4, -0.2) is 17.1 Å². The molecule has 0 radical (unpaired) electrons. The lowest BCUT2D eigenvalue weighted by molar-refractivity contribution is 0.415. The van der Waals surface area contributed by atoms with Crippen molar-refractivity contribution in [3.8, 4) is 5.75 Å². The molecule has 0 saturated carbocycles. The molecule has 1 aromatic carbocycles. The fourth-order valence-corrected chi connectivity index (χ4v) is 1.59. The molecule has 0 atom stereocenters. The quantitative estimate of drug-likeness (QED) is 0.875. The first kappa shape index (κ1) is 11.5. The topological polar surface area (TPSA) is 73.1 Å². The number of ether oxygens (including phenoxy) is 1. The van der Waals surface area contributed by atoms with Gasteiger partial charge in [0, 0.05) is 11.9 Å². The summed E-state index contributed by atoms with van der Waals surface area (Å²) in [5.74, 6) is 1.45. The molecule has 88 valence electrons. The van der Waals surface area contributed by atoms with Gasteiger partial charge in [-0.3, -0.25) is 0 Å².